The fourth-order valence-corrected chi connectivity index (χ4v) is 1.99. The van der Waals surface area contributed by atoms with Crippen molar-refractivity contribution in [3.05, 3.63) is 15.0 Å². The molecule has 0 unspecified atom stereocenters. The van der Waals surface area contributed by atoms with E-state index in [1.54, 1.807) is 5.51 Å². The van der Waals surface area contributed by atoms with E-state index in [9.17, 15) is 4.79 Å². The molecule has 0 aromatic carbocycles. The van der Waals surface area contributed by atoms with Gasteiger partial charge in [0.25, 0.3) is 5.91 Å². The fourth-order valence-electron chi connectivity index (χ4n) is 0.708. The summed E-state index contributed by atoms with van der Waals surface area (Å²) in [5.74, 6) is -0.0700. The number of nitrogens with one attached hydrogen (secondary N) is 1. The van der Waals surface area contributed by atoms with Crippen LogP contribution in [0, 0.1) is 0 Å². The number of carbonyl (C=O) groups excluding carboxylic acids is 1. The normalized spacial score (nSPS) is 10.3. The van der Waals surface area contributed by atoms with Crippen LogP contribution in [0.2, 0.25) is 0 Å². The van der Waals surface area contributed by atoms with Crippen molar-refractivity contribution in [2.75, 3.05) is 0 Å². The van der Waals surface area contributed by atoms with Gasteiger partial charge in [0.15, 0.2) is 0 Å². The van der Waals surface area contributed by atoms with Crippen molar-refractivity contribution in [1.82, 2.24) is 10.3 Å². The maximum atomic E-state index is 11.4. The Hall–Kier alpha value is -0.420. The van der Waals surface area contributed by atoms with Crippen LogP contribution in [0.5, 0.6) is 0 Å². The second-order valence-electron chi connectivity index (χ2n) is 2.60. The summed E-state index contributed by atoms with van der Waals surface area (Å²) >= 11 is 4.52. The summed E-state index contributed by atoms with van der Waals surface area (Å²) in [4.78, 5) is 15.9. The highest BCUT2D eigenvalue weighted by Gasteiger charge is 2.12. The van der Waals surface area contributed by atoms with Gasteiger partial charge in [-0.25, -0.2) is 4.98 Å². The molecule has 1 heterocycles. The molecule has 0 aliphatic carbocycles. The largest absolute Gasteiger partial charge is 0.349 e. The zero-order chi connectivity index (χ0) is 9.14. The van der Waals surface area contributed by atoms with Gasteiger partial charge in [-0.3, -0.25) is 4.79 Å². The van der Waals surface area contributed by atoms with E-state index in [0.29, 0.717) is 9.48 Å². The highest BCUT2D eigenvalue weighted by molar-refractivity contribution is 9.10. The van der Waals surface area contributed by atoms with Crippen LogP contribution in [-0.2, 0) is 0 Å². The first-order valence-corrected chi connectivity index (χ1v) is 5.18. The minimum absolute atomic E-state index is 0.0700. The molecule has 0 fully saturated rings. The van der Waals surface area contributed by atoms with E-state index in [1.807, 2.05) is 13.8 Å². The molecule has 0 aliphatic heterocycles. The third kappa shape index (κ3) is 2.28. The number of halogens is 1. The van der Waals surface area contributed by atoms with E-state index in [4.69, 9.17) is 0 Å². The van der Waals surface area contributed by atoms with Crippen LogP contribution in [-0.4, -0.2) is 16.9 Å². The maximum Gasteiger partial charge on any atom is 0.264 e. The third-order valence-electron chi connectivity index (χ3n) is 1.15. The van der Waals surface area contributed by atoms with Gasteiger partial charge in [-0.15, -0.1) is 11.3 Å². The number of nitrogens with zero attached hydrogens (tertiary/aromatic N) is 1. The quantitative estimate of drug-likeness (QED) is 0.871. The topological polar surface area (TPSA) is 42.0 Å². The number of carbonyl (C=O) groups is 1. The molecular formula is C7H9BrN2OS. The van der Waals surface area contributed by atoms with E-state index >= 15 is 0 Å². The molecule has 0 saturated carbocycles. The van der Waals surface area contributed by atoms with Crippen LogP contribution < -0.4 is 5.32 Å². The van der Waals surface area contributed by atoms with Crippen molar-refractivity contribution < 1.29 is 4.79 Å². The van der Waals surface area contributed by atoms with E-state index in [1.165, 1.54) is 11.3 Å². The van der Waals surface area contributed by atoms with Crippen molar-refractivity contribution in [1.29, 1.82) is 0 Å². The van der Waals surface area contributed by atoms with Crippen molar-refractivity contribution in [3.8, 4) is 0 Å². The summed E-state index contributed by atoms with van der Waals surface area (Å²) in [6.45, 7) is 3.85. The molecule has 3 nitrogen and oxygen atoms in total. The zero-order valence-electron chi connectivity index (χ0n) is 6.80. The molecule has 1 amide bonds. The first kappa shape index (κ1) is 9.67. The van der Waals surface area contributed by atoms with Gasteiger partial charge in [0, 0.05) is 6.04 Å². The molecule has 5 heteroatoms. The predicted molar refractivity (Wildman–Crippen MR) is 52.4 cm³/mol. The summed E-state index contributed by atoms with van der Waals surface area (Å²) in [5.41, 5.74) is 1.64. The van der Waals surface area contributed by atoms with E-state index in [0.717, 1.165) is 0 Å². The lowest BCUT2D eigenvalue weighted by Crippen LogP contribution is -2.29. The molecule has 0 spiro atoms. The number of amides is 1. The summed E-state index contributed by atoms with van der Waals surface area (Å²) in [6.07, 6.45) is 0. The minimum atomic E-state index is -0.0700. The Morgan fingerprint density at radius 3 is 2.83 bits per heavy atom. The second-order valence-corrected chi connectivity index (χ2v) is 4.21. The standard InChI is InChI=1S/C7H9BrN2OS/c1-4(2)10-7(11)5-6(8)9-3-12-5/h3-4H,1-2H3,(H,10,11). The van der Waals surface area contributed by atoms with Crippen molar-refractivity contribution in [3.63, 3.8) is 0 Å². The van der Waals surface area contributed by atoms with Gasteiger partial charge in [0.2, 0.25) is 0 Å². The van der Waals surface area contributed by atoms with Crippen LogP contribution in [0.3, 0.4) is 0 Å². The van der Waals surface area contributed by atoms with Gasteiger partial charge in [-0.1, -0.05) is 0 Å². The molecule has 1 aromatic heterocycles. The van der Waals surface area contributed by atoms with Crippen molar-refractivity contribution >= 4 is 33.2 Å². The molecule has 0 saturated heterocycles. The predicted octanol–water partition coefficient (Wildman–Crippen LogP) is 2.04. The van der Waals surface area contributed by atoms with Gasteiger partial charge in [0.1, 0.15) is 9.48 Å². The molecule has 0 atom stereocenters. The molecule has 12 heavy (non-hydrogen) atoms. The van der Waals surface area contributed by atoms with Gasteiger partial charge in [0.05, 0.1) is 5.51 Å². The van der Waals surface area contributed by atoms with Crippen LogP contribution in [0.15, 0.2) is 10.1 Å². The molecule has 1 rings (SSSR count). The summed E-state index contributed by atoms with van der Waals surface area (Å²) in [5, 5.41) is 2.79. The maximum absolute atomic E-state index is 11.4. The SMILES string of the molecule is CC(C)NC(=O)c1scnc1Br. The Labute approximate surface area is 83.3 Å². The molecule has 0 aliphatic rings. The summed E-state index contributed by atoms with van der Waals surface area (Å²) in [6, 6.07) is 0.159. The Kier molecular flexibility index (Phi) is 3.22. The van der Waals surface area contributed by atoms with Crippen LogP contribution in [0.1, 0.15) is 23.5 Å². The number of hydrogen-bond donors (Lipinski definition) is 1. The van der Waals surface area contributed by atoms with Crippen LogP contribution >= 0.6 is 27.3 Å². The molecular weight excluding hydrogens is 240 g/mol. The lowest BCUT2D eigenvalue weighted by molar-refractivity contribution is 0.0946. The number of aromatic nitrogens is 1. The number of hydrogen-bond acceptors (Lipinski definition) is 3. The van der Waals surface area contributed by atoms with Gasteiger partial charge < -0.3 is 5.32 Å². The Balaban J connectivity index is 2.72. The van der Waals surface area contributed by atoms with Crippen LogP contribution in [0.4, 0.5) is 0 Å². The molecule has 0 bridgehead atoms. The zero-order valence-corrected chi connectivity index (χ0v) is 9.20. The van der Waals surface area contributed by atoms with Crippen LogP contribution in [0.25, 0.3) is 0 Å². The highest BCUT2D eigenvalue weighted by atomic mass is 79.9. The molecule has 0 radical (unpaired) electrons. The van der Waals surface area contributed by atoms with Gasteiger partial charge in [-0.2, -0.15) is 0 Å². The monoisotopic (exact) mass is 248 g/mol. The average molecular weight is 249 g/mol. The summed E-state index contributed by atoms with van der Waals surface area (Å²) < 4.78 is 0.616. The molecule has 66 valence electrons. The van der Waals surface area contributed by atoms with E-state index in [-0.39, 0.29) is 11.9 Å². The first-order valence-electron chi connectivity index (χ1n) is 3.51. The Bertz CT molecular complexity index is 285. The minimum Gasteiger partial charge on any atom is -0.349 e. The highest BCUT2D eigenvalue weighted by Crippen LogP contribution is 2.18. The second kappa shape index (κ2) is 4.00. The summed E-state index contributed by atoms with van der Waals surface area (Å²) in [7, 11) is 0. The average Bonchev–Trinajstić information content (AvgIpc) is 2.33. The van der Waals surface area contributed by atoms with E-state index in [2.05, 4.69) is 26.2 Å². The van der Waals surface area contributed by atoms with Crippen molar-refractivity contribution in [2.45, 2.75) is 19.9 Å². The molecule has 1 aromatic rings. The lowest BCUT2D eigenvalue weighted by atomic mass is 10.4. The number of thiazole rings is 1. The number of rotatable bonds is 2. The van der Waals surface area contributed by atoms with Crippen molar-refractivity contribution in [2.24, 2.45) is 0 Å². The van der Waals surface area contributed by atoms with E-state index < -0.39 is 0 Å². The Morgan fingerprint density at radius 1 is 1.75 bits per heavy atom. The first-order chi connectivity index (χ1) is 5.61. The van der Waals surface area contributed by atoms with Gasteiger partial charge >= 0.3 is 0 Å². The smallest absolute Gasteiger partial charge is 0.264 e. The molecule has 1 N–H and O–H groups in total. The third-order valence-corrected chi connectivity index (χ3v) is 2.84. The lowest BCUT2D eigenvalue weighted by Gasteiger charge is -2.05. The Morgan fingerprint density at radius 2 is 2.42 bits per heavy atom. The fraction of sp³-hybridized carbons (Fsp3) is 0.429. The van der Waals surface area contributed by atoms with Gasteiger partial charge in [-0.05, 0) is 29.8 Å².